The molecule has 3 heteroatoms. The quantitative estimate of drug-likeness (QED) is 0.276. The number of rotatable bonds is 0. The van der Waals surface area contributed by atoms with Gasteiger partial charge in [0.25, 0.3) is 0 Å². The molecule has 0 fully saturated rings. The fourth-order valence-corrected chi connectivity index (χ4v) is 0. The molecular formula is CHNaO2. The minimum Gasteiger partial charge on any atom is -1.00 e. The van der Waals surface area contributed by atoms with E-state index in [1.165, 1.54) is 0 Å². The van der Waals surface area contributed by atoms with E-state index in [2.05, 4.69) is 0 Å². The Balaban J connectivity index is -0.0000000200. The maximum absolute atomic E-state index is 8.12. The van der Waals surface area contributed by atoms with E-state index in [9.17, 15) is 0 Å². The van der Waals surface area contributed by atoms with Gasteiger partial charge in [0.05, 0.1) is 0 Å². The van der Waals surface area contributed by atoms with Gasteiger partial charge >= 0.3 is 35.7 Å². The van der Waals surface area contributed by atoms with Crippen LogP contribution in [0, 0.1) is 0 Å². The first kappa shape index (κ1) is 8.83. The van der Waals surface area contributed by atoms with Crippen molar-refractivity contribution in [1.82, 2.24) is 0 Å². The van der Waals surface area contributed by atoms with Crippen molar-refractivity contribution in [1.29, 1.82) is 0 Å². The molecule has 0 aliphatic heterocycles. The van der Waals surface area contributed by atoms with E-state index in [0.29, 0.717) is 0 Å². The Labute approximate surface area is 47.0 Å². The van der Waals surface area contributed by atoms with Crippen molar-refractivity contribution in [2.45, 2.75) is 0 Å². The maximum atomic E-state index is 8.12. The second-order valence-electron chi connectivity index (χ2n) is 0.0833. The fraction of sp³-hybridized carbons (Fsp3) is 0. The molecule has 0 spiro atoms. The Bertz CT molecular complexity index is 30.6. The van der Waals surface area contributed by atoms with Gasteiger partial charge in [0.15, 0.2) is 0 Å². The summed E-state index contributed by atoms with van der Waals surface area (Å²) in [5, 5.41) is 0. The summed E-state index contributed by atoms with van der Waals surface area (Å²) < 4.78 is 0. The van der Waals surface area contributed by atoms with E-state index >= 15 is 0 Å². The van der Waals surface area contributed by atoms with Gasteiger partial charge in [-0.2, -0.15) is 9.59 Å². The van der Waals surface area contributed by atoms with Gasteiger partial charge in [0.1, 0.15) is 0 Å². The second kappa shape index (κ2) is 10.1. The molecule has 0 heterocycles. The van der Waals surface area contributed by atoms with E-state index in [-0.39, 0.29) is 37.1 Å². The van der Waals surface area contributed by atoms with Crippen molar-refractivity contribution in [3.05, 3.63) is 0 Å². The molecular weight excluding hydrogens is 67.0 g/mol. The molecule has 0 aliphatic rings. The standard InChI is InChI=1S/CO2.Na.H/c2-1-3;;/q;+1;-1. The smallest absolute Gasteiger partial charge is 1.00 e. The zero-order chi connectivity index (χ0) is 2.71. The average molecular weight is 68.0 g/mol. The molecule has 2 nitrogen and oxygen atoms in total. The van der Waals surface area contributed by atoms with Crippen LogP contribution < -0.4 is 29.6 Å². The zero-order valence-corrected chi connectivity index (χ0v) is 4.32. The van der Waals surface area contributed by atoms with Gasteiger partial charge in [-0.25, -0.2) is 0 Å². The first-order valence-electron chi connectivity index (χ1n) is 0.408. The van der Waals surface area contributed by atoms with Crippen LogP contribution in [0.5, 0.6) is 0 Å². The fourth-order valence-electron chi connectivity index (χ4n) is 0. The second-order valence-corrected chi connectivity index (χ2v) is 0.0833. The van der Waals surface area contributed by atoms with E-state index in [1.807, 2.05) is 0 Å². The van der Waals surface area contributed by atoms with Crippen LogP contribution in [0.2, 0.25) is 0 Å². The van der Waals surface area contributed by atoms with Crippen LogP contribution in [0.3, 0.4) is 0 Å². The first-order chi connectivity index (χ1) is 1.41. The van der Waals surface area contributed by atoms with Crippen molar-refractivity contribution < 1.29 is 40.6 Å². The van der Waals surface area contributed by atoms with Gasteiger partial charge in [-0.15, -0.1) is 0 Å². The van der Waals surface area contributed by atoms with Crippen molar-refractivity contribution >= 4 is 6.15 Å². The van der Waals surface area contributed by atoms with E-state index in [4.69, 9.17) is 9.59 Å². The number of hydrogen-bond acceptors (Lipinski definition) is 2. The molecule has 0 aromatic heterocycles. The Hall–Kier alpha value is 0.380. The molecule has 0 saturated heterocycles. The minimum absolute atomic E-state index is 0. The van der Waals surface area contributed by atoms with E-state index in [1.54, 1.807) is 0 Å². The van der Waals surface area contributed by atoms with Crippen LogP contribution in [0.1, 0.15) is 1.43 Å². The summed E-state index contributed by atoms with van der Waals surface area (Å²) in [5.41, 5.74) is 0. The van der Waals surface area contributed by atoms with Crippen LogP contribution >= 0.6 is 0 Å². The molecule has 0 aromatic carbocycles. The summed E-state index contributed by atoms with van der Waals surface area (Å²) >= 11 is 0. The van der Waals surface area contributed by atoms with Gasteiger partial charge in [0.2, 0.25) is 0 Å². The van der Waals surface area contributed by atoms with Crippen molar-refractivity contribution in [3.63, 3.8) is 0 Å². The van der Waals surface area contributed by atoms with Crippen LogP contribution in [0.25, 0.3) is 0 Å². The molecule has 0 unspecified atom stereocenters. The third-order valence-corrected chi connectivity index (χ3v) is 0. The zero-order valence-electron chi connectivity index (χ0n) is 3.32. The van der Waals surface area contributed by atoms with Crippen molar-refractivity contribution in [2.75, 3.05) is 0 Å². The molecule has 18 valence electrons. The third kappa shape index (κ3) is 31.4. The number of carbonyl (C=O) groups excluding carboxylic acids is 2. The van der Waals surface area contributed by atoms with Gasteiger partial charge in [0, 0.05) is 0 Å². The largest absolute Gasteiger partial charge is 1.00 e. The van der Waals surface area contributed by atoms with Crippen LogP contribution in [0.4, 0.5) is 0 Å². The molecule has 0 bridgehead atoms. The summed E-state index contributed by atoms with van der Waals surface area (Å²) in [6, 6.07) is 0. The van der Waals surface area contributed by atoms with Crippen molar-refractivity contribution in [3.8, 4) is 0 Å². The maximum Gasteiger partial charge on any atom is 1.00 e. The molecule has 0 saturated carbocycles. The van der Waals surface area contributed by atoms with Gasteiger partial charge in [-0.3, -0.25) is 0 Å². The Morgan fingerprint density at radius 2 is 1.50 bits per heavy atom. The summed E-state index contributed by atoms with van der Waals surface area (Å²) in [7, 11) is 0. The predicted octanol–water partition coefficient (Wildman–Crippen LogP) is -3.47. The first-order valence-corrected chi connectivity index (χ1v) is 0.408. The number of hydrogen-bond donors (Lipinski definition) is 0. The summed E-state index contributed by atoms with van der Waals surface area (Å²) in [6.07, 6.45) is 0.250. The molecule has 0 aliphatic carbocycles. The Morgan fingerprint density at radius 3 is 1.50 bits per heavy atom. The minimum atomic E-state index is 0. The van der Waals surface area contributed by atoms with Crippen molar-refractivity contribution in [2.24, 2.45) is 0 Å². The van der Waals surface area contributed by atoms with Crippen LogP contribution in [0.15, 0.2) is 0 Å². The summed E-state index contributed by atoms with van der Waals surface area (Å²) in [6.45, 7) is 0. The monoisotopic (exact) mass is 68.0 g/mol. The Morgan fingerprint density at radius 1 is 1.50 bits per heavy atom. The molecule has 4 heavy (non-hydrogen) atoms. The SMILES string of the molecule is O=C=O.[H-].[Na+]. The molecule has 0 radical (unpaired) electrons. The normalized spacial score (nSPS) is 2.00. The molecule has 0 amide bonds. The van der Waals surface area contributed by atoms with Crippen LogP contribution in [-0.2, 0) is 9.59 Å². The summed E-state index contributed by atoms with van der Waals surface area (Å²) in [4.78, 5) is 16.2. The predicted molar refractivity (Wildman–Crippen MR) is 6.12 cm³/mol. The molecule has 0 atom stereocenters. The van der Waals surface area contributed by atoms with Gasteiger partial charge < -0.3 is 1.43 Å². The van der Waals surface area contributed by atoms with E-state index < -0.39 is 0 Å². The van der Waals surface area contributed by atoms with E-state index in [0.717, 1.165) is 0 Å². The third-order valence-electron chi connectivity index (χ3n) is 0. The topological polar surface area (TPSA) is 34.1 Å². The molecule has 0 N–H and O–H groups in total. The Kier molecular flexibility index (Phi) is 22.2. The average Bonchev–Trinajstić information content (AvgIpc) is 0.918. The molecule has 0 rings (SSSR count). The van der Waals surface area contributed by atoms with Gasteiger partial charge in [-0.1, -0.05) is 0 Å². The van der Waals surface area contributed by atoms with Gasteiger partial charge in [-0.05, 0) is 0 Å². The van der Waals surface area contributed by atoms with Crippen LogP contribution in [-0.4, -0.2) is 6.15 Å². The molecule has 0 aromatic rings. The summed E-state index contributed by atoms with van der Waals surface area (Å²) in [5.74, 6) is 0.